The van der Waals surface area contributed by atoms with E-state index in [9.17, 15) is 4.57 Å². The molecule has 0 aromatic carbocycles. The first-order chi connectivity index (χ1) is 7.23. The minimum atomic E-state index is -2.91. The van der Waals surface area contributed by atoms with E-state index in [1.807, 2.05) is 0 Å². The third-order valence-electron chi connectivity index (χ3n) is 2.04. The number of alkyl halides is 1. The van der Waals surface area contributed by atoms with Crippen LogP contribution in [0, 0.1) is 0 Å². The number of nitrogens with zero attached hydrogens (tertiary/aromatic N) is 1. The highest BCUT2D eigenvalue weighted by molar-refractivity contribution is 7.54. The van der Waals surface area contributed by atoms with Crippen LogP contribution in [0.3, 0.4) is 0 Å². The molecule has 15 heavy (non-hydrogen) atoms. The molecule has 0 spiro atoms. The highest BCUT2D eigenvalue weighted by Gasteiger charge is 2.33. The van der Waals surface area contributed by atoms with Crippen molar-refractivity contribution in [3.8, 4) is 0 Å². The van der Waals surface area contributed by atoms with E-state index < -0.39 is 7.67 Å². The lowest BCUT2D eigenvalue weighted by molar-refractivity contribution is 0.214. The molecule has 1 saturated heterocycles. The van der Waals surface area contributed by atoms with Crippen LogP contribution < -0.4 is 5.09 Å². The minimum absolute atomic E-state index is 0.285. The summed E-state index contributed by atoms with van der Waals surface area (Å²) in [5, 5.41) is 2.89. The van der Waals surface area contributed by atoms with Crippen LogP contribution in [0.2, 0.25) is 0 Å². The summed E-state index contributed by atoms with van der Waals surface area (Å²) in [4.78, 5) is 0. The first kappa shape index (κ1) is 13.7. The van der Waals surface area contributed by atoms with Crippen LogP contribution in [0.25, 0.3) is 0 Å². The van der Waals surface area contributed by atoms with Crippen LogP contribution in [0.4, 0.5) is 0 Å². The van der Waals surface area contributed by atoms with Gasteiger partial charge in [0, 0.05) is 25.5 Å². The minimum Gasteiger partial charge on any atom is -0.306 e. The van der Waals surface area contributed by atoms with E-state index in [2.05, 4.69) is 9.38 Å². The molecule has 1 rings (SSSR count). The molecule has 8 heteroatoms. The zero-order valence-electron chi connectivity index (χ0n) is 8.32. The van der Waals surface area contributed by atoms with Gasteiger partial charge < -0.3 is 4.52 Å². The van der Waals surface area contributed by atoms with Crippen molar-refractivity contribution in [1.82, 2.24) is 9.76 Å². The summed E-state index contributed by atoms with van der Waals surface area (Å²) < 4.78 is 23.6. The molecule has 0 bridgehead atoms. The molecular weight excluding hydrogens is 262 g/mol. The van der Waals surface area contributed by atoms with E-state index in [1.54, 1.807) is 4.67 Å². The molecule has 90 valence electrons. The van der Waals surface area contributed by atoms with E-state index in [0.717, 1.165) is 6.42 Å². The van der Waals surface area contributed by atoms with Crippen molar-refractivity contribution < 1.29 is 13.4 Å². The van der Waals surface area contributed by atoms with E-state index in [1.165, 1.54) is 0 Å². The van der Waals surface area contributed by atoms with Gasteiger partial charge in [-0.15, -0.1) is 11.6 Å². The van der Waals surface area contributed by atoms with Gasteiger partial charge in [0.15, 0.2) is 0 Å². The number of halogens is 2. The summed E-state index contributed by atoms with van der Waals surface area (Å²) in [5.74, 6) is 0.386. The molecule has 1 unspecified atom stereocenters. The second-order valence-corrected chi connectivity index (χ2v) is 5.85. The molecule has 1 N–H and O–H groups in total. The highest BCUT2D eigenvalue weighted by Crippen LogP contribution is 2.47. The van der Waals surface area contributed by atoms with Gasteiger partial charge in [0.25, 0.3) is 0 Å². The van der Waals surface area contributed by atoms with E-state index in [0.29, 0.717) is 32.1 Å². The van der Waals surface area contributed by atoms with Crippen molar-refractivity contribution in [1.29, 1.82) is 0 Å². The van der Waals surface area contributed by atoms with E-state index >= 15 is 0 Å². The zero-order chi connectivity index (χ0) is 11.1. The van der Waals surface area contributed by atoms with Crippen LogP contribution in [0.1, 0.15) is 6.42 Å². The summed E-state index contributed by atoms with van der Waals surface area (Å²) in [6.45, 7) is 2.39. The van der Waals surface area contributed by atoms with Gasteiger partial charge in [0.05, 0.1) is 25.1 Å². The largest absolute Gasteiger partial charge is 0.343 e. The Labute approximate surface area is 99.7 Å². The van der Waals surface area contributed by atoms with Gasteiger partial charge in [-0.05, 0) is 6.42 Å². The fourth-order valence-corrected chi connectivity index (χ4v) is 3.69. The predicted molar refractivity (Wildman–Crippen MR) is 60.3 cm³/mol. The molecule has 1 aliphatic rings. The lowest BCUT2D eigenvalue weighted by Gasteiger charge is -2.33. The van der Waals surface area contributed by atoms with Crippen LogP contribution in [0.5, 0.6) is 0 Å². The SMILES string of the molecule is O=P1(N(CCCl)CCOCl)NCCCO1. The molecule has 0 saturated carbocycles. The fourth-order valence-electron chi connectivity index (χ4n) is 1.32. The normalized spacial score (nSPS) is 27.1. The number of nitrogens with one attached hydrogen (secondary N) is 1. The molecule has 1 fully saturated rings. The van der Waals surface area contributed by atoms with Crippen molar-refractivity contribution in [3.63, 3.8) is 0 Å². The molecule has 0 radical (unpaired) electrons. The molecule has 0 amide bonds. The van der Waals surface area contributed by atoms with Crippen LogP contribution in [0.15, 0.2) is 0 Å². The van der Waals surface area contributed by atoms with Gasteiger partial charge in [0.2, 0.25) is 0 Å². The topological polar surface area (TPSA) is 50.8 Å². The fraction of sp³-hybridized carbons (Fsp3) is 1.00. The maximum atomic E-state index is 12.3. The van der Waals surface area contributed by atoms with Crippen molar-refractivity contribution in [2.24, 2.45) is 0 Å². The molecule has 0 aromatic rings. The molecule has 1 aliphatic heterocycles. The van der Waals surface area contributed by atoms with Crippen LogP contribution in [-0.4, -0.2) is 43.4 Å². The number of hydrogen-bond acceptors (Lipinski definition) is 3. The van der Waals surface area contributed by atoms with Crippen molar-refractivity contribution in [2.75, 3.05) is 38.7 Å². The predicted octanol–water partition coefficient (Wildman–Crippen LogP) is 1.82. The van der Waals surface area contributed by atoms with E-state index in [-0.39, 0.29) is 6.61 Å². The molecule has 5 nitrogen and oxygen atoms in total. The Hall–Kier alpha value is 0.650. The van der Waals surface area contributed by atoms with Crippen LogP contribution >= 0.6 is 31.1 Å². The monoisotopic (exact) mass is 276 g/mol. The molecule has 0 aromatic heterocycles. The Bertz CT molecular complexity index is 222. The van der Waals surface area contributed by atoms with Gasteiger partial charge in [-0.2, -0.15) is 0 Å². The molecule has 1 heterocycles. The first-order valence-electron chi connectivity index (χ1n) is 4.77. The Morgan fingerprint density at radius 2 is 2.33 bits per heavy atom. The van der Waals surface area contributed by atoms with Gasteiger partial charge in [0.1, 0.15) is 0 Å². The van der Waals surface area contributed by atoms with Crippen LogP contribution in [-0.2, 0) is 13.4 Å². The third-order valence-corrected chi connectivity index (χ3v) is 4.66. The van der Waals surface area contributed by atoms with Crippen molar-refractivity contribution >= 4 is 31.1 Å². The summed E-state index contributed by atoms with van der Waals surface area (Å²) in [6.07, 6.45) is 0.866. The van der Waals surface area contributed by atoms with Gasteiger partial charge in [-0.25, -0.2) is 9.76 Å². The summed E-state index contributed by atoms with van der Waals surface area (Å²) in [7, 11) is -2.91. The quantitative estimate of drug-likeness (QED) is 0.592. The average molecular weight is 277 g/mol. The molecular formula is C7H15Cl2N2O3P. The second-order valence-electron chi connectivity index (χ2n) is 3.07. The van der Waals surface area contributed by atoms with Gasteiger partial charge in [-0.1, -0.05) is 0 Å². The molecule has 1 atom stereocenters. The number of hydrogen-bond donors (Lipinski definition) is 1. The Morgan fingerprint density at radius 3 is 2.87 bits per heavy atom. The van der Waals surface area contributed by atoms with Crippen molar-refractivity contribution in [3.05, 3.63) is 0 Å². The summed E-state index contributed by atoms with van der Waals surface area (Å²) in [5.41, 5.74) is 0. The summed E-state index contributed by atoms with van der Waals surface area (Å²) >= 11 is 10.8. The number of rotatable bonds is 6. The third kappa shape index (κ3) is 4.19. The second kappa shape index (κ2) is 7.07. The first-order valence-corrected chi connectivity index (χ1v) is 7.19. The average Bonchev–Trinajstić information content (AvgIpc) is 2.25. The van der Waals surface area contributed by atoms with Crippen molar-refractivity contribution in [2.45, 2.75) is 6.42 Å². The maximum absolute atomic E-state index is 12.3. The standard InChI is InChI=1S/C7H15Cl2N2O3P/c8-2-4-11(5-7-13-9)15(12)10-3-1-6-14-15/h1-7H2,(H,10,12). The lowest BCUT2D eigenvalue weighted by atomic mass is 10.5. The van der Waals surface area contributed by atoms with E-state index in [4.69, 9.17) is 28.0 Å². The smallest absolute Gasteiger partial charge is 0.306 e. The highest BCUT2D eigenvalue weighted by atomic mass is 35.5. The van der Waals surface area contributed by atoms with Gasteiger partial charge in [-0.3, -0.25) is 8.85 Å². The maximum Gasteiger partial charge on any atom is 0.343 e. The summed E-state index contributed by atoms with van der Waals surface area (Å²) in [6, 6.07) is 0. The lowest BCUT2D eigenvalue weighted by Crippen LogP contribution is -2.36. The van der Waals surface area contributed by atoms with Gasteiger partial charge >= 0.3 is 7.67 Å². The Kier molecular flexibility index (Phi) is 6.46. The molecule has 0 aliphatic carbocycles. The Balaban J connectivity index is 2.55. The Morgan fingerprint density at radius 1 is 1.53 bits per heavy atom. The zero-order valence-corrected chi connectivity index (χ0v) is 10.7.